The van der Waals surface area contributed by atoms with Gasteiger partial charge in [-0.3, -0.25) is 4.79 Å². The van der Waals surface area contributed by atoms with Crippen molar-refractivity contribution in [3.63, 3.8) is 0 Å². The van der Waals surface area contributed by atoms with Gasteiger partial charge in [-0.15, -0.1) is 0 Å². The van der Waals surface area contributed by atoms with E-state index >= 15 is 0 Å². The lowest BCUT2D eigenvalue weighted by molar-refractivity contribution is 0.0773. The van der Waals surface area contributed by atoms with Crippen molar-refractivity contribution in [2.24, 2.45) is 0 Å². The predicted molar refractivity (Wildman–Crippen MR) is 117 cm³/mol. The first kappa shape index (κ1) is 24.0. The fraction of sp³-hybridized carbons (Fsp3) is 0.381. The molecule has 0 aliphatic heterocycles. The van der Waals surface area contributed by atoms with Crippen molar-refractivity contribution in [2.45, 2.75) is 36.6 Å². The van der Waals surface area contributed by atoms with Gasteiger partial charge in [0.25, 0.3) is 5.91 Å². The molecule has 2 aromatic carbocycles. The highest BCUT2D eigenvalue weighted by Crippen LogP contribution is 2.27. The smallest absolute Gasteiger partial charge is 0.253 e. The number of nitrogens with zero attached hydrogens (tertiary/aromatic N) is 2. The summed E-state index contributed by atoms with van der Waals surface area (Å²) < 4.78 is 50.5. The summed E-state index contributed by atoms with van der Waals surface area (Å²) in [5, 5.41) is 0. The average Bonchev–Trinajstić information content (AvgIpc) is 2.73. The highest BCUT2D eigenvalue weighted by molar-refractivity contribution is 7.90. The monoisotopic (exact) mass is 452 g/mol. The molecule has 30 heavy (non-hydrogen) atoms. The molecule has 1 unspecified atom stereocenters. The van der Waals surface area contributed by atoms with Gasteiger partial charge in [0, 0.05) is 38.0 Å². The Bertz CT molecular complexity index is 1090. The molecule has 0 aromatic heterocycles. The van der Waals surface area contributed by atoms with Gasteiger partial charge in [0.1, 0.15) is 0 Å². The zero-order chi connectivity index (χ0) is 22.7. The van der Waals surface area contributed by atoms with E-state index in [4.69, 9.17) is 0 Å². The van der Waals surface area contributed by atoms with Crippen molar-refractivity contribution < 1.29 is 21.6 Å². The van der Waals surface area contributed by atoms with Crippen LogP contribution in [0.3, 0.4) is 0 Å². The van der Waals surface area contributed by atoms with Crippen LogP contribution in [0.2, 0.25) is 0 Å². The Morgan fingerprint density at radius 2 is 1.33 bits per heavy atom. The standard InChI is InChI=1S/C21H28N2O5S2/c1-6-23(7-2)21(24)18-10-14-20(15-11-18)30(27,28)22(4)16(3)17-8-12-19(13-9-17)29(5,25)26/h8-16H,6-7H2,1-5H3. The van der Waals surface area contributed by atoms with Crippen LogP contribution in [0.15, 0.2) is 58.3 Å². The van der Waals surface area contributed by atoms with E-state index < -0.39 is 25.9 Å². The third-order valence-electron chi connectivity index (χ3n) is 5.16. The molecule has 2 aromatic rings. The van der Waals surface area contributed by atoms with Crippen molar-refractivity contribution in [2.75, 3.05) is 26.4 Å². The van der Waals surface area contributed by atoms with Crippen LogP contribution < -0.4 is 0 Å². The van der Waals surface area contributed by atoms with Gasteiger partial charge < -0.3 is 4.90 Å². The molecule has 0 saturated heterocycles. The molecule has 0 aliphatic rings. The topological polar surface area (TPSA) is 91.8 Å². The van der Waals surface area contributed by atoms with E-state index in [0.29, 0.717) is 24.2 Å². The molecule has 0 N–H and O–H groups in total. The molecule has 0 heterocycles. The molecular weight excluding hydrogens is 424 g/mol. The zero-order valence-corrected chi connectivity index (χ0v) is 19.5. The van der Waals surface area contributed by atoms with Gasteiger partial charge in [-0.1, -0.05) is 12.1 Å². The summed E-state index contributed by atoms with van der Waals surface area (Å²) in [6, 6.07) is 11.5. The number of hydrogen-bond donors (Lipinski definition) is 0. The van der Waals surface area contributed by atoms with E-state index in [2.05, 4.69) is 0 Å². The molecule has 1 amide bonds. The quantitative estimate of drug-likeness (QED) is 0.614. The second-order valence-electron chi connectivity index (χ2n) is 7.04. The van der Waals surface area contributed by atoms with Crippen molar-refractivity contribution in [1.29, 1.82) is 0 Å². The maximum absolute atomic E-state index is 13.0. The number of carbonyl (C=O) groups excluding carboxylic acids is 1. The largest absolute Gasteiger partial charge is 0.339 e. The number of sulfone groups is 1. The van der Waals surface area contributed by atoms with E-state index in [9.17, 15) is 21.6 Å². The van der Waals surface area contributed by atoms with E-state index in [1.807, 2.05) is 13.8 Å². The highest BCUT2D eigenvalue weighted by atomic mass is 32.2. The first-order valence-electron chi connectivity index (χ1n) is 9.60. The average molecular weight is 453 g/mol. The van der Waals surface area contributed by atoms with Crippen LogP contribution in [-0.4, -0.2) is 58.3 Å². The molecule has 0 spiro atoms. The fourth-order valence-corrected chi connectivity index (χ4v) is 5.02. The maximum Gasteiger partial charge on any atom is 0.253 e. The maximum atomic E-state index is 13.0. The Morgan fingerprint density at radius 3 is 1.77 bits per heavy atom. The Kier molecular flexibility index (Phi) is 7.44. The normalized spacial score (nSPS) is 13.3. The summed E-state index contributed by atoms with van der Waals surface area (Å²) in [5.41, 5.74) is 1.10. The first-order valence-corrected chi connectivity index (χ1v) is 12.9. The number of rotatable bonds is 8. The van der Waals surface area contributed by atoms with Gasteiger partial charge in [0.15, 0.2) is 9.84 Å². The zero-order valence-electron chi connectivity index (χ0n) is 17.9. The van der Waals surface area contributed by atoms with E-state index in [1.165, 1.54) is 47.8 Å². The Balaban J connectivity index is 2.26. The molecule has 7 nitrogen and oxygen atoms in total. The Hall–Kier alpha value is -2.23. The Morgan fingerprint density at radius 1 is 0.867 bits per heavy atom. The lowest BCUT2D eigenvalue weighted by atomic mass is 10.1. The highest BCUT2D eigenvalue weighted by Gasteiger charge is 2.27. The summed E-state index contributed by atoms with van der Waals surface area (Å²) in [5.74, 6) is -0.142. The molecule has 1 atom stereocenters. The Labute approximate surface area is 179 Å². The molecule has 0 saturated carbocycles. The third kappa shape index (κ3) is 5.08. The first-order chi connectivity index (χ1) is 13.9. The minimum atomic E-state index is -3.81. The second kappa shape index (κ2) is 9.28. The van der Waals surface area contributed by atoms with Crippen LogP contribution in [0, 0.1) is 0 Å². The second-order valence-corrected chi connectivity index (χ2v) is 11.1. The summed E-state index contributed by atoms with van der Waals surface area (Å²) in [4.78, 5) is 14.3. The molecule has 2 rings (SSSR count). The van der Waals surface area contributed by atoms with Gasteiger partial charge in [-0.25, -0.2) is 16.8 Å². The molecule has 0 bridgehead atoms. The molecule has 164 valence electrons. The van der Waals surface area contributed by atoms with Crippen LogP contribution in [-0.2, 0) is 19.9 Å². The van der Waals surface area contributed by atoms with Gasteiger partial charge in [-0.2, -0.15) is 4.31 Å². The van der Waals surface area contributed by atoms with Crippen molar-refractivity contribution in [1.82, 2.24) is 9.21 Å². The van der Waals surface area contributed by atoms with Gasteiger partial charge in [-0.05, 0) is 62.7 Å². The van der Waals surface area contributed by atoms with Crippen LogP contribution in [0.1, 0.15) is 42.7 Å². The molecule has 0 aliphatic carbocycles. The third-order valence-corrected chi connectivity index (χ3v) is 8.24. The van der Waals surface area contributed by atoms with Crippen LogP contribution in [0.5, 0.6) is 0 Å². The van der Waals surface area contributed by atoms with Crippen LogP contribution in [0.25, 0.3) is 0 Å². The van der Waals surface area contributed by atoms with Gasteiger partial charge in [0.2, 0.25) is 10.0 Å². The van der Waals surface area contributed by atoms with Crippen LogP contribution in [0.4, 0.5) is 0 Å². The minimum Gasteiger partial charge on any atom is -0.339 e. The van der Waals surface area contributed by atoms with Crippen molar-refractivity contribution in [3.05, 3.63) is 59.7 Å². The van der Waals surface area contributed by atoms with Crippen LogP contribution >= 0.6 is 0 Å². The van der Waals surface area contributed by atoms with Crippen molar-refractivity contribution >= 4 is 25.8 Å². The van der Waals surface area contributed by atoms with E-state index in [1.54, 1.807) is 24.0 Å². The SMILES string of the molecule is CCN(CC)C(=O)c1ccc(S(=O)(=O)N(C)C(C)c2ccc(S(C)(=O)=O)cc2)cc1. The summed E-state index contributed by atoms with van der Waals surface area (Å²) >= 11 is 0. The lowest BCUT2D eigenvalue weighted by Crippen LogP contribution is -2.31. The molecule has 9 heteroatoms. The fourth-order valence-electron chi connectivity index (χ4n) is 3.04. The summed E-state index contributed by atoms with van der Waals surface area (Å²) in [6.07, 6.45) is 1.12. The number of amides is 1. The van der Waals surface area contributed by atoms with Gasteiger partial charge in [0.05, 0.1) is 9.79 Å². The summed E-state index contributed by atoms with van der Waals surface area (Å²) in [7, 11) is -5.66. The molecule has 0 radical (unpaired) electrons. The summed E-state index contributed by atoms with van der Waals surface area (Å²) in [6.45, 7) is 6.66. The number of sulfonamides is 1. The van der Waals surface area contributed by atoms with Gasteiger partial charge >= 0.3 is 0 Å². The van der Waals surface area contributed by atoms with Crippen molar-refractivity contribution in [3.8, 4) is 0 Å². The molecule has 0 fully saturated rings. The van der Waals surface area contributed by atoms with E-state index in [-0.39, 0.29) is 15.7 Å². The predicted octanol–water partition coefficient (Wildman–Crippen LogP) is 2.95. The number of carbonyl (C=O) groups is 1. The molecular formula is C21H28N2O5S2. The number of hydrogen-bond acceptors (Lipinski definition) is 5. The number of benzene rings is 2. The lowest BCUT2D eigenvalue weighted by Gasteiger charge is -2.25. The minimum absolute atomic E-state index is 0.0840. The van der Waals surface area contributed by atoms with E-state index in [0.717, 1.165) is 6.26 Å².